The molecule has 0 radical (unpaired) electrons. The summed E-state index contributed by atoms with van der Waals surface area (Å²) in [4.78, 5) is 28.8. The summed E-state index contributed by atoms with van der Waals surface area (Å²) < 4.78 is 13.6. The third-order valence-corrected chi connectivity index (χ3v) is 5.03. The number of nitrogens with zero attached hydrogens (tertiary/aromatic N) is 3. The van der Waals surface area contributed by atoms with E-state index in [1.165, 1.54) is 12.1 Å². The maximum atomic E-state index is 13.6. The molecule has 2 aliphatic heterocycles. The lowest BCUT2D eigenvalue weighted by Crippen LogP contribution is -2.50. The molecule has 144 valence electrons. The van der Waals surface area contributed by atoms with Gasteiger partial charge in [-0.2, -0.15) is 5.10 Å². The van der Waals surface area contributed by atoms with E-state index in [9.17, 15) is 14.0 Å². The van der Waals surface area contributed by atoms with Gasteiger partial charge in [-0.1, -0.05) is 12.1 Å². The van der Waals surface area contributed by atoms with Crippen LogP contribution in [0, 0.1) is 11.7 Å². The molecule has 27 heavy (non-hydrogen) atoms. The Labute approximate surface area is 162 Å². The molecule has 1 aromatic heterocycles. The zero-order valence-electron chi connectivity index (χ0n) is 14.6. The third-order valence-electron chi connectivity index (χ3n) is 5.03. The van der Waals surface area contributed by atoms with Gasteiger partial charge in [-0.05, 0) is 17.7 Å². The van der Waals surface area contributed by atoms with E-state index in [-0.39, 0.29) is 42.5 Å². The first kappa shape index (κ1) is 19.3. The average Bonchev–Trinajstić information content (AvgIpc) is 3.30. The van der Waals surface area contributed by atoms with Crippen molar-refractivity contribution in [2.24, 2.45) is 5.92 Å². The molecule has 4 rings (SSSR count). The van der Waals surface area contributed by atoms with Crippen molar-refractivity contribution in [1.82, 2.24) is 20.4 Å². The van der Waals surface area contributed by atoms with Crippen LogP contribution >= 0.6 is 12.4 Å². The number of carbonyl (C=O) groups excluding carboxylic acids is 2. The second-order valence-electron chi connectivity index (χ2n) is 6.67. The van der Waals surface area contributed by atoms with Crippen molar-refractivity contribution in [2.45, 2.75) is 12.5 Å². The van der Waals surface area contributed by atoms with Crippen molar-refractivity contribution in [3.63, 3.8) is 0 Å². The van der Waals surface area contributed by atoms with Gasteiger partial charge in [0.2, 0.25) is 11.8 Å². The minimum atomic E-state index is -0.397. The molecule has 2 unspecified atom stereocenters. The third kappa shape index (κ3) is 3.81. The van der Waals surface area contributed by atoms with E-state index < -0.39 is 5.92 Å². The molecule has 1 aromatic carbocycles. The van der Waals surface area contributed by atoms with Crippen LogP contribution in [0.5, 0.6) is 0 Å². The van der Waals surface area contributed by atoms with Crippen molar-refractivity contribution in [3.05, 3.63) is 48.0 Å². The number of carbonyl (C=O) groups is 2. The molecule has 0 saturated carbocycles. The van der Waals surface area contributed by atoms with Gasteiger partial charge in [-0.25, -0.2) is 4.39 Å². The number of benzene rings is 1. The molecule has 2 aliphatic rings. The SMILES string of the molecule is Cl.O=C1CC(C(=O)N2CCNCC2c2cccc(F)c2)CN1c1cn[nH]c1. The van der Waals surface area contributed by atoms with Gasteiger partial charge in [0.05, 0.1) is 23.8 Å². The molecule has 2 atom stereocenters. The van der Waals surface area contributed by atoms with Crippen LogP contribution in [0.4, 0.5) is 10.1 Å². The van der Waals surface area contributed by atoms with Gasteiger partial charge in [0.15, 0.2) is 0 Å². The lowest BCUT2D eigenvalue weighted by Gasteiger charge is -2.38. The molecule has 2 amide bonds. The fourth-order valence-electron chi connectivity index (χ4n) is 3.73. The van der Waals surface area contributed by atoms with Gasteiger partial charge in [0.25, 0.3) is 0 Å². The molecule has 0 spiro atoms. The topological polar surface area (TPSA) is 81.3 Å². The van der Waals surface area contributed by atoms with Crippen LogP contribution in [0.3, 0.4) is 0 Å². The van der Waals surface area contributed by atoms with E-state index in [4.69, 9.17) is 0 Å². The largest absolute Gasteiger partial charge is 0.333 e. The number of hydrogen-bond donors (Lipinski definition) is 2. The van der Waals surface area contributed by atoms with Crippen molar-refractivity contribution in [2.75, 3.05) is 31.1 Å². The zero-order chi connectivity index (χ0) is 18.1. The maximum absolute atomic E-state index is 13.6. The predicted octanol–water partition coefficient (Wildman–Crippen LogP) is 1.50. The van der Waals surface area contributed by atoms with Crippen LogP contribution in [0.2, 0.25) is 0 Å². The molecule has 2 saturated heterocycles. The standard InChI is InChI=1S/C18H20FN5O2.ClH/c19-14-3-1-2-12(6-14)16-10-20-4-5-23(16)18(26)13-7-17(25)24(11-13)15-8-21-22-9-15;/h1-3,6,8-9,13,16,20H,4-5,7,10-11H2,(H,21,22);1H. The Kier molecular flexibility index (Phi) is 5.76. The number of H-pyrrole nitrogens is 1. The Morgan fingerprint density at radius 3 is 2.93 bits per heavy atom. The summed E-state index contributed by atoms with van der Waals surface area (Å²) in [5.74, 6) is -0.850. The minimum Gasteiger partial charge on any atom is -0.333 e. The lowest BCUT2D eigenvalue weighted by atomic mass is 9.99. The predicted molar refractivity (Wildman–Crippen MR) is 100 cm³/mol. The highest BCUT2D eigenvalue weighted by molar-refractivity contribution is 6.00. The van der Waals surface area contributed by atoms with Crippen LogP contribution in [0.15, 0.2) is 36.7 Å². The molecule has 7 nitrogen and oxygen atoms in total. The summed E-state index contributed by atoms with van der Waals surface area (Å²) in [5.41, 5.74) is 1.44. The first-order chi connectivity index (χ1) is 12.6. The zero-order valence-corrected chi connectivity index (χ0v) is 15.4. The summed E-state index contributed by atoms with van der Waals surface area (Å²) in [5, 5.41) is 9.81. The normalized spacial score (nSPS) is 22.6. The first-order valence-electron chi connectivity index (χ1n) is 8.69. The fraction of sp³-hybridized carbons (Fsp3) is 0.389. The molecule has 0 aliphatic carbocycles. The Morgan fingerprint density at radius 2 is 2.19 bits per heavy atom. The summed E-state index contributed by atoms with van der Waals surface area (Å²) in [6.07, 6.45) is 3.40. The Hall–Kier alpha value is -2.45. The number of aromatic amines is 1. The Balaban J connectivity index is 0.00000210. The number of halogens is 2. The highest BCUT2D eigenvalue weighted by Gasteiger charge is 2.40. The number of piperazine rings is 1. The van der Waals surface area contributed by atoms with Crippen molar-refractivity contribution in [1.29, 1.82) is 0 Å². The van der Waals surface area contributed by atoms with Crippen molar-refractivity contribution >= 4 is 29.9 Å². The van der Waals surface area contributed by atoms with Crippen LogP contribution in [0.25, 0.3) is 0 Å². The molecular weight excluding hydrogens is 373 g/mol. The van der Waals surface area contributed by atoms with E-state index in [1.807, 2.05) is 6.07 Å². The number of rotatable bonds is 3. The van der Waals surface area contributed by atoms with E-state index in [1.54, 1.807) is 28.3 Å². The van der Waals surface area contributed by atoms with Gasteiger partial charge in [-0.15, -0.1) is 12.4 Å². The number of amides is 2. The number of anilines is 1. The summed E-state index contributed by atoms with van der Waals surface area (Å²) >= 11 is 0. The van der Waals surface area contributed by atoms with Crippen LogP contribution in [-0.4, -0.2) is 53.1 Å². The minimum absolute atomic E-state index is 0. The van der Waals surface area contributed by atoms with Crippen LogP contribution in [0.1, 0.15) is 18.0 Å². The van der Waals surface area contributed by atoms with Gasteiger partial charge in [0.1, 0.15) is 5.82 Å². The average molecular weight is 394 g/mol. The van der Waals surface area contributed by atoms with E-state index in [0.717, 1.165) is 5.56 Å². The molecular formula is C18H21ClFN5O2. The van der Waals surface area contributed by atoms with Gasteiger partial charge in [0, 0.05) is 38.8 Å². The summed E-state index contributed by atoms with van der Waals surface area (Å²) in [6, 6.07) is 6.12. The van der Waals surface area contributed by atoms with E-state index >= 15 is 0 Å². The lowest BCUT2D eigenvalue weighted by molar-refractivity contribution is -0.139. The number of hydrogen-bond acceptors (Lipinski definition) is 4. The molecule has 2 fully saturated rings. The summed E-state index contributed by atoms with van der Waals surface area (Å²) in [6.45, 7) is 2.14. The second kappa shape index (κ2) is 8.06. The monoisotopic (exact) mass is 393 g/mol. The molecule has 3 heterocycles. The summed E-state index contributed by atoms with van der Waals surface area (Å²) in [7, 11) is 0. The highest BCUT2D eigenvalue weighted by atomic mass is 35.5. The molecule has 2 N–H and O–H groups in total. The van der Waals surface area contributed by atoms with Crippen molar-refractivity contribution < 1.29 is 14.0 Å². The fourth-order valence-corrected chi connectivity index (χ4v) is 3.73. The first-order valence-corrected chi connectivity index (χ1v) is 8.69. The number of aromatic nitrogens is 2. The Bertz CT molecular complexity index is 816. The van der Waals surface area contributed by atoms with Gasteiger partial charge < -0.3 is 15.1 Å². The highest BCUT2D eigenvalue weighted by Crippen LogP contribution is 2.30. The molecule has 2 aromatic rings. The number of nitrogens with one attached hydrogen (secondary N) is 2. The second-order valence-corrected chi connectivity index (χ2v) is 6.67. The van der Waals surface area contributed by atoms with Crippen molar-refractivity contribution in [3.8, 4) is 0 Å². The molecule has 9 heteroatoms. The van der Waals surface area contributed by atoms with Gasteiger partial charge in [-0.3, -0.25) is 14.7 Å². The Morgan fingerprint density at radius 1 is 1.33 bits per heavy atom. The smallest absolute Gasteiger partial charge is 0.228 e. The quantitative estimate of drug-likeness (QED) is 0.828. The van der Waals surface area contributed by atoms with Crippen LogP contribution < -0.4 is 10.2 Å². The van der Waals surface area contributed by atoms with Crippen LogP contribution in [-0.2, 0) is 9.59 Å². The van der Waals surface area contributed by atoms with Gasteiger partial charge >= 0.3 is 0 Å². The molecule has 0 bridgehead atoms. The van der Waals surface area contributed by atoms with E-state index in [2.05, 4.69) is 15.5 Å². The van der Waals surface area contributed by atoms with E-state index in [0.29, 0.717) is 31.9 Å². The maximum Gasteiger partial charge on any atom is 0.228 e.